The van der Waals surface area contributed by atoms with Crippen molar-refractivity contribution in [1.29, 1.82) is 0 Å². The Morgan fingerprint density at radius 1 is 1.00 bits per heavy atom. The highest BCUT2D eigenvalue weighted by Crippen LogP contribution is 2.46. The summed E-state index contributed by atoms with van der Waals surface area (Å²) in [7, 11) is 3.21. The number of hydrogen-bond donors (Lipinski definition) is 1. The molecule has 6 heteroatoms. The number of dihydropyridines is 1. The summed E-state index contributed by atoms with van der Waals surface area (Å²) in [5.74, 6) is 0.511. The lowest BCUT2D eigenvalue weighted by molar-refractivity contribution is -0.139. The molecule has 0 radical (unpaired) electrons. The van der Waals surface area contributed by atoms with Gasteiger partial charge in [0.25, 0.3) is 0 Å². The minimum absolute atomic E-state index is 0.00638. The number of esters is 1. The fourth-order valence-corrected chi connectivity index (χ4v) is 5.11. The van der Waals surface area contributed by atoms with Crippen LogP contribution in [0.1, 0.15) is 61.6 Å². The van der Waals surface area contributed by atoms with Gasteiger partial charge in [0.05, 0.1) is 26.4 Å². The lowest BCUT2D eigenvalue weighted by atomic mass is 9.71. The average molecular weight is 476 g/mol. The summed E-state index contributed by atoms with van der Waals surface area (Å²) in [5, 5.41) is 3.40. The van der Waals surface area contributed by atoms with Crippen molar-refractivity contribution in [3.8, 4) is 11.5 Å². The normalized spacial score (nSPS) is 19.7. The lowest BCUT2D eigenvalue weighted by Gasteiger charge is -2.37. The SMILES string of the molecule is CCCOC(=O)C1=C(C)NC2=C(C(=O)C[C@@H](c3ccc(OC)c(OC)c3)C2)[C@@H]1c1cccc(C)c1. The Hall–Kier alpha value is -3.54. The summed E-state index contributed by atoms with van der Waals surface area (Å²) in [5.41, 5.74) is 5.82. The van der Waals surface area contributed by atoms with Crippen molar-refractivity contribution in [3.63, 3.8) is 0 Å². The van der Waals surface area contributed by atoms with Crippen LogP contribution in [-0.4, -0.2) is 32.6 Å². The summed E-state index contributed by atoms with van der Waals surface area (Å²) >= 11 is 0. The summed E-state index contributed by atoms with van der Waals surface area (Å²) in [6.07, 6.45) is 1.75. The topological polar surface area (TPSA) is 73.9 Å². The smallest absolute Gasteiger partial charge is 0.336 e. The van der Waals surface area contributed by atoms with Crippen LogP contribution in [0.5, 0.6) is 11.5 Å². The van der Waals surface area contributed by atoms with Gasteiger partial charge in [-0.05, 0) is 55.9 Å². The van der Waals surface area contributed by atoms with E-state index in [1.165, 1.54) is 0 Å². The summed E-state index contributed by atoms with van der Waals surface area (Å²) in [4.78, 5) is 26.9. The standard InChI is InChI=1S/C29H33NO5/c1-6-12-35-29(32)26-18(3)30-22-14-21(19-10-11-24(33-4)25(16-19)34-5)15-23(31)28(22)27(26)20-9-7-8-17(2)13-20/h7-11,13,16,21,27,30H,6,12,14-15H2,1-5H3/t21-,27+/m0/s1. The van der Waals surface area contributed by atoms with Gasteiger partial charge >= 0.3 is 5.97 Å². The Balaban J connectivity index is 1.76. The highest BCUT2D eigenvalue weighted by Gasteiger charge is 2.41. The van der Waals surface area contributed by atoms with Crippen molar-refractivity contribution in [2.24, 2.45) is 0 Å². The number of rotatable bonds is 7. The molecule has 184 valence electrons. The van der Waals surface area contributed by atoms with Crippen LogP contribution in [0.25, 0.3) is 0 Å². The Kier molecular flexibility index (Phi) is 7.29. The maximum absolute atomic E-state index is 13.7. The van der Waals surface area contributed by atoms with E-state index in [1.54, 1.807) is 14.2 Å². The molecule has 2 aromatic carbocycles. The molecular weight excluding hydrogens is 442 g/mol. The van der Waals surface area contributed by atoms with Gasteiger partial charge in [-0.3, -0.25) is 4.79 Å². The maximum Gasteiger partial charge on any atom is 0.336 e. The van der Waals surface area contributed by atoms with Crippen LogP contribution >= 0.6 is 0 Å². The second-order valence-electron chi connectivity index (χ2n) is 9.18. The summed E-state index contributed by atoms with van der Waals surface area (Å²) < 4.78 is 16.4. The first-order valence-electron chi connectivity index (χ1n) is 12.1. The van der Waals surface area contributed by atoms with Gasteiger partial charge in [0.2, 0.25) is 0 Å². The number of benzene rings is 2. The number of carbonyl (C=O) groups is 2. The zero-order valence-electron chi connectivity index (χ0n) is 21.1. The predicted molar refractivity (Wildman–Crippen MR) is 135 cm³/mol. The molecule has 1 heterocycles. The lowest BCUT2D eigenvalue weighted by Crippen LogP contribution is -2.36. The fourth-order valence-electron chi connectivity index (χ4n) is 5.11. The Morgan fingerprint density at radius 2 is 1.77 bits per heavy atom. The Bertz CT molecular complexity index is 1210. The van der Waals surface area contributed by atoms with E-state index in [0.29, 0.717) is 42.1 Å². The molecule has 1 aliphatic carbocycles. The van der Waals surface area contributed by atoms with Crippen LogP contribution in [0.15, 0.2) is 65.0 Å². The van der Waals surface area contributed by atoms with Crippen LogP contribution in [-0.2, 0) is 14.3 Å². The molecule has 0 saturated heterocycles. The molecular formula is C29H33NO5. The van der Waals surface area contributed by atoms with Gasteiger partial charge in [-0.1, -0.05) is 42.8 Å². The Morgan fingerprint density at radius 3 is 2.46 bits per heavy atom. The molecule has 0 bridgehead atoms. The largest absolute Gasteiger partial charge is 0.493 e. The quantitative estimate of drug-likeness (QED) is 0.546. The van der Waals surface area contributed by atoms with Crippen LogP contribution < -0.4 is 14.8 Å². The van der Waals surface area contributed by atoms with E-state index in [-0.39, 0.29) is 17.7 Å². The van der Waals surface area contributed by atoms with Gasteiger partial charge in [-0.2, -0.15) is 0 Å². The number of hydrogen-bond acceptors (Lipinski definition) is 6. The number of ketones is 1. The number of carbonyl (C=O) groups excluding carboxylic acids is 2. The Labute approximate surface area is 207 Å². The van der Waals surface area contributed by atoms with Crippen molar-refractivity contribution in [3.05, 3.63) is 81.7 Å². The molecule has 0 spiro atoms. The van der Waals surface area contributed by atoms with Crippen molar-refractivity contribution < 1.29 is 23.8 Å². The molecule has 1 aliphatic heterocycles. The van der Waals surface area contributed by atoms with Crippen molar-refractivity contribution in [2.45, 2.75) is 51.9 Å². The van der Waals surface area contributed by atoms with Crippen molar-refractivity contribution >= 4 is 11.8 Å². The van der Waals surface area contributed by atoms with Gasteiger partial charge in [-0.15, -0.1) is 0 Å². The van der Waals surface area contributed by atoms with Crippen LogP contribution in [0, 0.1) is 6.92 Å². The highest BCUT2D eigenvalue weighted by atomic mass is 16.5. The van der Waals surface area contributed by atoms with Gasteiger partial charge < -0.3 is 19.5 Å². The first-order valence-corrected chi connectivity index (χ1v) is 12.1. The molecule has 0 unspecified atom stereocenters. The number of aryl methyl sites for hydroxylation is 1. The van der Waals surface area contributed by atoms with E-state index in [2.05, 4.69) is 11.4 Å². The number of nitrogens with one attached hydrogen (secondary N) is 1. The molecule has 35 heavy (non-hydrogen) atoms. The molecule has 2 aromatic rings. The molecule has 2 aliphatic rings. The van der Waals surface area contributed by atoms with Crippen LogP contribution in [0.2, 0.25) is 0 Å². The van der Waals surface area contributed by atoms with E-state index >= 15 is 0 Å². The van der Waals surface area contributed by atoms with E-state index < -0.39 is 5.92 Å². The summed E-state index contributed by atoms with van der Waals surface area (Å²) in [6.45, 7) is 6.21. The van der Waals surface area contributed by atoms with E-state index in [4.69, 9.17) is 14.2 Å². The van der Waals surface area contributed by atoms with Crippen LogP contribution in [0.3, 0.4) is 0 Å². The molecule has 0 amide bonds. The van der Waals surface area contributed by atoms with E-state index in [1.807, 2.05) is 57.2 Å². The third-order valence-corrected chi connectivity index (χ3v) is 6.74. The second kappa shape index (κ2) is 10.4. The first-order chi connectivity index (χ1) is 16.9. The van der Waals surface area contributed by atoms with Crippen molar-refractivity contribution in [1.82, 2.24) is 5.32 Å². The molecule has 0 aromatic heterocycles. The monoisotopic (exact) mass is 475 g/mol. The number of allylic oxidation sites excluding steroid dienone is 3. The molecule has 0 fully saturated rings. The summed E-state index contributed by atoms with van der Waals surface area (Å²) in [6, 6.07) is 13.8. The molecule has 1 N–H and O–H groups in total. The minimum atomic E-state index is -0.450. The predicted octanol–water partition coefficient (Wildman–Crippen LogP) is 5.33. The van der Waals surface area contributed by atoms with Crippen LogP contribution in [0.4, 0.5) is 0 Å². The zero-order chi connectivity index (χ0) is 25.1. The van der Waals surface area contributed by atoms with E-state index in [0.717, 1.165) is 34.5 Å². The highest BCUT2D eigenvalue weighted by molar-refractivity contribution is 6.04. The van der Waals surface area contributed by atoms with Gasteiger partial charge in [-0.25, -0.2) is 4.79 Å². The van der Waals surface area contributed by atoms with Gasteiger partial charge in [0.15, 0.2) is 17.3 Å². The maximum atomic E-state index is 13.7. The molecule has 0 saturated carbocycles. The minimum Gasteiger partial charge on any atom is -0.493 e. The van der Waals surface area contributed by atoms with Gasteiger partial charge in [0.1, 0.15) is 0 Å². The van der Waals surface area contributed by atoms with E-state index in [9.17, 15) is 9.59 Å². The van der Waals surface area contributed by atoms with Crippen molar-refractivity contribution in [2.75, 3.05) is 20.8 Å². The molecule has 2 atom stereocenters. The zero-order valence-corrected chi connectivity index (χ0v) is 21.1. The van der Waals surface area contributed by atoms with Gasteiger partial charge in [0, 0.05) is 29.3 Å². The number of ether oxygens (including phenoxy) is 3. The average Bonchev–Trinajstić information content (AvgIpc) is 2.85. The third-order valence-electron chi connectivity index (χ3n) is 6.74. The fraction of sp³-hybridized carbons (Fsp3) is 0.379. The third kappa shape index (κ3) is 4.83. The number of methoxy groups -OCH3 is 2. The number of Topliss-reactive ketones (excluding diaryl/α,β-unsaturated/α-hetero) is 1. The molecule has 4 rings (SSSR count). The first kappa shape index (κ1) is 24.6. The second-order valence-corrected chi connectivity index (χ2v) is 9.18. The molecule has 6 nitrogen and oxygen atoms in total.